The Kier molecular flexibility index (Phi) is 4.96. The molecule has 0 atom stereocenters. The lowest BCUT2D eigenvalue weighted by atomic mass is 10.1. The van der Waals surface area contributed by atoms with E-state index in [2.05, 4.69) is 55.0 Å². The Bertz CT molecular complexity index is 1030. The van der Waals surface area contributed by atoms with Crippen molar-refractivity contribution in [3.8, 4) is 0 Å². The van der Waals surface area contributed by atoms with Gasteiger partial charge in [0.25, 0.3) is 0 Å². The van der Waals surface area contributed by atoms with Gasteiger partial charge in [-0.2, -0.15) is 0 Å². The van der Waals surface area contributed by atoms with Gasteiger partial charge in [-0.25, -0.2) is 9.97 Å². The Morgan fingerprint density at radius 2 is 1.85 bits per heavy atom. The van der Waals surface area contributed by atoms with Crippen LogP contribution in [0.15, 0.2) is 61.1 Å². The summed E-state index contributed by atoms with van der Waals surface area (Å²) in [5, 5.41) is 8.02. The smallest absolute Gasteiger partial charge is 0.132 e. The Balaban J connectivity index is 1.38. The van der Waals surface area contributed by atoms with E-state index in [-0.39, 0.29) is 0 Å². The predicted molar refractivity (Wildman–Crippen MR) is 109 cm³/mol. The van der Waals surface area contributed by atoms with Crippen LogP contribution in [0.3, 0.4) is 0 Å². The van der Waals surface area contributed by atoms with Crippen LogP contribution >= 0.6 is 0 Å². The molecule has 3 N–H and O–H groups in total. The normalized spacial score (nSPS) is 10.9. The maximum Gasteiger partial charge on any atom is 0.132 e. The second-order valence-corrected chi connectivity index (χ2v) is 6.44. The molecular weight excluding hydrogens is 336 g/mol. The fraction of sp³-hybridized carbons (Fsp3) is 0.190. The Morgan fingerprint density at radius 3 is 2.70 bits per heavy atom. The molecule has 0 aliphatic carbocycles. The molecule has 0 bridgehead atoms. The standard InChI is InChI=1S/C21H22N6/c1-15-26-20(11-21(27-15)25-13-16-5-4-9-22-12-16)23-10-8-17-14-24-19-7-3-2-6-18(17)19/h2-7,9,11-12,14,24H,8,10,13H2,1H3,(H2,23,25,26,27). The highest BCUT2D eigenvalue weighted by atomic mass is 15.1. The Morgan fingerprint density at radius 1 is 1.00 bits per heavy atom. The number of hydrogen-bond acceptors (Lipinski definition) is 5. The third kappa shape index (κ3) is 4.23. The molecule has 0 saturated heterocycles. The van der Waals surface area contributed by atoms with Gasteiger partial charge in [0.15, 0.2) is 0 Å². The number of aromatic nitrogens is 4. The minimum Gasteiger partial charge on any atom is -0.370 e. The molecule has 4 rings (SSSR count). The maximum atomic E-state index is 4.49. The van der Waals surface area contributed by atoms with Crippen LogP contribution in [0.2, 0.25) is 0 Å². The first-order valence-electron chi connectivity index (χ1n) is 9.05. The van der Waals surface area contributed by atoms with Gasteiger partial charge in [0.05, 0.1) is 0 Å². The molecule has 136 valence electrons. The van der Waals surface area contributed by atoms with Crippen molar-refractivity contribution in [3.63, 3.8) is 0 Å². The highest BCUT2D eigenvalue weighted by Gasteiger charge is 2.05. The van der Waals surface area contributed by atoms with E-state index in [0.29, 0.717) is 6.54 Å². The van der Waals surface area contributed by atoms with E-state index < -0.39 is 0 Å². The van der Waals surface area contributed by atoms with Crippen molar-refractivity contribution in [1.82, 2.24) is 19.9 Å². The lowest BCUT2D eigenvalue weighted by molar-refractivity contribution is 0.978. The van der Waals surface area contributed by atoms with Crippen LogP contribution in [0.1, 0.15) is 17.0 Å². The number of hydrogen-bond donors (Lipinski definition) is 3. The van der Waals surface area contributed by atoms with Gasteiger partial charge in [-0.3, -0.25) is 4.98 Å². The van der Waals surface area contributed by atoms with E-state index in [1.165, 1.54) is 16.5 Å². The quantitative estimate of drug-likeness (QED) is 0.466. The summed E-state index contributed by atoms with van der Waals surface area (Å²) < 4.78 is 0. The number of pyridine rings is 1. The van der Waals surface area contributed by atoms with E-state index in [0.717, 1.165) is 36.0 Å². The van der Waals surface area contributed by atoms with Crippen LogP contribution in [0.4, 0.5) is 11.6 Å². The van der Waals surface area contributed by atoms with Crippen molar-refractivity contribution in [1.29, 1.82) is 0 Å². The van der Waals surface area contributed by atoms with Crippen LogP contribution in [0, 0.1) is 6.92 Å². The van der Waals surface area contributed by atoms with Crippen molar-refractivity contribution in [3.05, 3.63) is 78.0 Å². The first-order chi connectivity index (χ1) is 13.3. The number of aromatic amines is 1. The summed E-state index contributed by atoms with van der Waals surface area (Å²) in [6, 6.07) is 14.3. The molecule has 3 aromatic heterocycles. The number of benzene rings is 1. The fourth-order valence-corrected chi connectivity index (χ4v) is 3.11. The second kappa shape index (κ2) is 7.86. The molecule has 0 saturated carbocycles. The molecular formula is C21H22N6. The molecule has 0 radical (unpaired) electrons. The van der Waals surface area contributed by atoms with Crippen molar-refractivity contribution >= 4 is 22.5 Å². The minimum absolute atomic E-state index is 0.680. The van der Waals surface area contributed by atoms with Gasteiger partial charge in [-0.15, -0.1) is 0 Å². The molecule has 4 aromatic rings. The maximum absolute atomic E-state index is 4.49. The SMILES string of the molecule is Cc1nc(NCCc2c[nH]c3ccccc23)cc(NCc2cccnc2)n1. The van der Waals surface area contributed by atoms with Gasteiger partial charge in [0, 0.05) is 48.6 Å². The van der Waals surface area contributed by atoms with E-state index in [1.807, 2.05) is 37.4 Å². The van der Waals surface area contributed by atoms with Crippen molar-refractivity contribution in [2.45, 2.75) is 19.9 Å². The summed E-state index contributed by atoms with van der Waals surface area (Å²) in [5.74, 6) is 2.37. The number of H-pyrrole nitrogens is 1. The summed E-state index contributed by atoms with van der Waals surface area (Å²) in [5.41, 5.74) is 3.59. The first-order valence-corrected chi connectivity index (χ1v) is 9.05. The van der Waals surface area contributed by atoms with Crippen LogP contribution in [-0.4, -0.2) is 26.5 Å². The third-order valence-corrected chi connectivity index (χ3v) is 4.41. The molecule has 0 spiro atoms. The van der Waals surface area contributed by atoms with Crippen LogP contribution in [0.25, 0.3) is 10.9 Å². The topological polar surface area (TPSA) is 78.5 Å². The predicted octanol–water partition coefficient (Wildman–Crippen LogP) is 3.93. The number of rotatable bonds is 7. The zero-order valence-corrected chi connectivity index (χ0v) is 15.2. The summed E-state index contributed by atoms with van der Waals surface area (Å²) in [4.78, 5) is 16.4. The van der Waals surface area contributed by atoms with E-state index in [9.17, 15) is 0 Å². The Labute approximate surface area is 158 Å². The zero-order valence-electron chi connectivity index (χ0n) is 15.2. The van der Waals surface area contributed by atoms with Gasteiger partial charge < -0.3 is 15.6 Å². The molecule has 6 heteroatoms. The number of fused-ring (bicyclic) bond motifs is 1. The molecule has 27 heavy (non-hydrogen) atoms. The molecule has 0 fully saturated rings. The number of nitrogens with one attached hydrogen (secondary N) is 3. The molecule has 0 amide bonds. The van der Waals surface area contributed by atoms with Crippen molar-refractivity contribution < 1.29 is 0 Å². The van der Waals surface area contributed by atoms with Gasteiger partial charge in [0.1, 0.15) is 17.5 Å². The lowest BCUT2D eigenvalue weighted by Crippen LogP contribution is -2.09. The number of aryl methyl sites for hydroxylation is 1. The Hall–Kier alpha value is -3.41. The van der Waals surface area contributed by atoms with Crippen molar-refractivity contribution in [2.75, 3.05) is 17.2 Å². The average Bonchev–Trinajstić information content (AvgIpc) is 3.10. The largest absolute Gasteiger partial charge is 0.370 e. The third-order valence-electron chi connectivity index (χ3n) is 4.41. The van der Waals surface area contributed by atoms with E-state index in [4.69, 9.17) is 0 Å². The highest BCUT2D eigenvalue weighted by Crippen LogP contribution is 2.18. The van der Waals surface area contributed by atoms with Gasteiger partial charge in [0.2, 0.25) is 0 Å². The molecule has 0 aliphatic heterocycles. The van der Waals surface area contributed by atoms with Gasteiger partial charge in [-0.1, -0.05) is 24.3 Å². The molecule has 0 aliphatic rings. The second-order valence-electron chi connectivity index (χ2n) is 6.44. The fourth-order valence-electron chi connectivity index (χ4n) is 3.11. The van der Waals surface area contributed by atoms with Crippen LogP contribution < -0.4 is 10.6 Å². The van der Waals surface area contributed by atoms with E-state index in [1.54, 1.807) is 6.20 Å². The summed E-state index contributed by atoms with van der Waals surface area (Å²) in [7, 11) is 0. The van der Waals surface area contributed by atoms with Crippen molar-refractivity contribution in [2.24, 2.45) is 0 Å². The van der Waals surface area contributed by atoms with Gasteiger partial charge >= 0.3 is 0 Å². The number of nitrogens with zero attached hydrogens (tertiary/aromatic N) is 3. The summed E-state index contributed by atoms with van der Waals surface area (Å²) in [6.45, 7) is 3.39. The average molecular weight is 358 g/mol. The van der Waals surface area contributed by atoms with Crippen LogP contribution in [-0.2, 0) is 13.0 Å². The highest BCUT2D eigenvalue weighted by molar-refractivity contribution is 5.83. The lowest BCUT2D eigenvalue weighted by Gasteiger charge is -2.10. The number of anilines is 2. The van der Waals surface area contributed by atoms with Crippen LogP contribution in [0.5, 0.6) is 0 Å². The zero-order chi connectivity index (χ0) is 18.5. The molecule has 0 unspecified atom stereocenters. The molecule has 6 nitrogen and oxygen atoms in total. The monoisotopic (exact) mass is 358 g/mol. The molecule has 3 heterocycles. The molecule has 1 aromatic carbocycles. The summed E-state index contributed by atoms with van der Waals surface area (Å²) >= 11 is 0. The summed E-state index contributed by atoms with van der Waals surface area (Å²) in [6.07, 6.45) is 6.62. The minimum atomic E-state index is 0.680. The first kappa shape index (κ1) is 17.0. The number of para-hydroxylation sites is 1. The van der Waals surface area contributed by atoms with Gasteiger partial charge in [-0.05, 0) is 36.6 Å². The van der Waals surface area contributed by atoms with E-state index >= 15 is 0 Å².